The lowest BCUT2D eigenvalue weighted by Gasteiger charge is -2.16. The molecule has 2 aromatic rings. The monoisotopic (exact) mass is 273 g/mol. The van der Waals surface area contributed by atoms with Gasteiger partial charge in [-0.15, -0.1) is 0 Å². The van der Waals surface area contributed by atoms with E-state index < -0.39 is 0 Å². The molecule has 0 amide bonds. The van der Waals surface area contributed by atoms with Crippen molar-refractivity contribution in [3.63, 3.8) is 0 Å². The third-order valence-electron chi connectivity index (χ3n) is 3.69. The van der Waals surface area contributed by atoms with Crippen molar-refractivity contribution >= 4 is 5.69 Å². The molecule has 0 saturated heterocycles. The van der Waals surface area contributed by atoms with Gasteiger partial charge in [0.2, 0.25) is 0 Å². The molecule has 2 rings (SSSR count). The third kappa shape index (κ3) is 2.85. The van der Waals surface area contributed by atoms with Crippen LogP contribution in [0.5, 0.6) is 0 Å². The maximum atomic E-state index is 9.06. The summed E-state index contributed by atoms with van der Waals surface area (Å²) in [6.07, 6.45) is 0. The van der Waals surface area contributed by atoms with Gasteiger partial charge in [0.15, 0.2) is 0 Å². The van der Waals surface area contributed by atoms with Crippen LogP contribution in [0, 0.1) is 13.8 Å². The molecule has 0 saturated carbocycles. The Morgan fingerprint density at radius 2 is 1.90 bits per heavy atom. The predicted molar refractivity (Wildman–Crippen MR) is 81.8 cm³/mol. The zero-order chi connectivity index (χ0) is 14.7. The average molecular weight is 273 g/mol. The molecule has 0 radical (unpaired) electrons. The molecule has 1 aromatic heterocycles. The summed E-state index contributed by atoms with van der Waals surface area (Å²) < 4.78 is 2.04. The van der Waals surface area contributed by atoms with Crippen LogP contribution >= 0.6 is 0 Å². The van der Waals surface area contributed by atoms with Crippen LogP contribution in [0.3, 0.4) is 0 Å². The summed E-state index contributed by atoms with van der Waals surface area (Å²) in [6, 6.07) is 8.07. The lowest BCUT2D eigenvalue weighted by atomic mass is 10.1. The van der Waals surface area contributed by atoms with Gasteiger partial charge in [-0.2, -0.15) is 5.10 Å². The van der Waals surface area contributed by atoms with Crippen LogP contribution in [-0.4, -0.2) is 14.9 Å². The Balaban J connectivity index is 2.19. The summed E-state index contributed by atoms with van der Waals surface area (Å²) in [5, 5.41) is 17.1. The second-order valence-corrected chi connectivity index (χ2v) is 5.12. The molecule has 0 aliphatic heterocycles. The first-order valence-corrected chi connectivity index (χ1v) is 7.07. The quantitative estimate of drug-likeness (QED) is 0.879. The van der Waals surface area contributed by atoms with Crippen molar-refractivity contribution in [1.82, 2.24) is 9.78 Å². The molecular weight excluding hydrogens is 250 g/mol. The van der Waals surface area contributed by atoms with Gasteiger partial charge < -0.3 is 10.4 Å². The number of anilines is 1. The van der Waals surface area contributed by atoms with E-state index >= 15 is 0 Å². The SMILES string of the molecule is CCn1nc(C)c(C(C)Nc2ccc(CO)cc2)c1C. The third-order valence-corrected chi connectivity index (χ3v) is 3.69. The number of hydrogen-bond acceptors (Lipinski definition) is 3. The van der Waals surface area contributed by atoms with Crippen molar-refractivity contribution in [3.8, 4) is 0 Å². The number of nitrogens with zero attached hydrogens (tertiary/aromatic N) is 2. The Hall–Kier alpha value is -1.81. The lowest BCUT2D eigenvalue weighted by Crippen LogP contribution is -2.09. The normalized spacial score (nSPS) is 12.4. The number of aliphatic hydroxyl groups is 1. The molecule has 108 valence electrons. The Labute approximate surface area is 120 Å². The number of benzene rings is 1. The van der Waals surface area contributed by atoms with E-state index in [-0.39, 0.29) is 12.6 Å². The molecular formula is C16H23N3O. The minimum Gasteiger partial charge on any atom is -0.392 e. The molecule has 0 bridgehead atoms. The highest BCUT2D eigenvalue weighted by atomic mass is 16.3. The maximum Gasteiger partial charge on any atom is 0.0681 e. The Bertz CT molecular complexity index is 572. The molecule has 2 N–H and O–H groups in total. The van der Waals surface area contributed by atoms with Gasteiger partial charge in [0.1, 0.15) is 0 Å². The summed E-state index contributed by atoms with van der Waals surface area (Å²) in [7, 11) is 0. The van der Waals surface area contributed by atoms with Crippen molar-refractivity contribution in [1.29, 1.82) is 0 Å². The van der Waals surface area contributed by atoms with Crippen LogP contribution in [0.1, 0.15) is 42.4 Å². The van der Waals surface area contributed by atoms with E-state index in [4.69, 9.17) is 5.11 Å². The summed E-state index contributed by atoms with van der Waals surface area (Å²) in [5.74, 6) is 0. The fraction of sp³-hybridized carbons (Fsp3) is 0.438. The fourth-order valence-electron chi connectivity index (χ4n) is 2.67. The number of rotatable bonds is 5. The van der Waals surface area contributed by atoms with Crippen LogP contribution < -0.4 is 5.32 Å². The van der Waals surface area contributed by atoms with Gasteiger partial charge in [-0.05, 0) is 45.4 Å². The van der Waals surface area contributed by atoms with E-state index in [0.717, 1.165) is 23.5 Å². The minimum atomic E-state index is 0.0807. The minimum absolute atomic E-state index is 0.0807. The molecule has 1 aromatic carbocycles. The van der Waals surface area contributed by atoms with Gasteiger partial charge >= 0.3 is 0 Å². The summed E-state index contributed by atoms with van der Waals surface area (Å²) in [4.78, 5) is 0. The largest absolute Gasteiger partial charge is 0.392 e. The van der Waals surface area contributed by atoms with Crippen LogP contribution in [-0.2, 0) is 13.2 Å². The van der Waals surface area contributed by atoms with Gasteiger partial charge in [0.25, 0.3) is 0 Å². The second-order valence-electron chi connectivity index (χ2n) is 5.12. The first-order chi connectivity index (χ1) is 9.56. The Morgan fingerprint density at radius 1 is 1.25 bits per heavy atom. The van der Waals surface area contributed by atoms with E-state index in [1.54, 1.807) is 0 Å². The van der Waals surface area contributed by atoms with E-state index in [0.29, 0.717) is 0 Å². The van der Waals surface area contributed by atoms with Crippen LogP contribution in [0.25, 0.3) is 0 Å². The van der Waals surface area contributed by atoms with Crippen molar-refractivity contribution < 1.29 is 5.11 Å². The van der Waals surface area contributed by atoms with Gasteiger partial charge in [0, 0.05) is 23.5 Å². The zero-order valence-corrected chi connectivity index (χ0v) is 12.6. The molecule has 4 nitrogen and oxygen atoms in total. The molecule has 0 fully saturated rings. The van der Waals surface area contributed by atoms with Crippen LogP contribution in [0.2, 0.25) is 0 Å². The van der Waals surface area contributed by atoms with E-state index in [2.05, 4.69) is 38.1 Å². The van der Waals surface area contributed by atoms with Crippen molar-refractivity contribution in [2.24, 2.45) is 0 Å². The summed E-state index contributed by atoms with van der Waals surface area (Å²) in [5.41, 5.74) is 5.54. The summed E-state index contributed by atoms with van der Waals surface area (Å²) in [6.45, 7) is 9.40. The molecule has 1 unspecified atom stereocenters. The van der Waals surface area contributed by atoms with Gasteiger partial charge in [-0.3, -0.25) is 4.68 Å². The molecule has 1 atom stereocenters. The Kier molecular flexibility index (Phi) is 4.45. The predicted octanol–water partition coefficient (Wildman–Crippen LogP) is 3.19. The number of hydrogen-bond donors (Lipinski definition) is 2. The smallest absolute Gasteiger partial charge is 0.0681 e. The highest BCUT2D eigenvalue weighted by molar-refractivity contribution is 5.47. The number of aryl methyl sites for hydroxylation is 2. The van der Waals surface area contributed by atoms with Gasteiger partial charge in [0.05, 0.1) is 18.3 Å². The first-order valence-electron chi connectivity index (χ1n) is 7.07. The van der Waals surface area contributed by atoms with E-state index in [1.165, 1.54) is 11.3 Å². The van der Waals surface area contributed by atoms with Crippen LogP contribution in [0.4, 0.5) is 5.69 Å². The van der Waals surface area contributed by atoms with E-state index in [9.17, 15) is 0 Å². The maximum absolute atomic E-state index is 9.06. The zero-order valence-electron chi connectivity index (χ0n) is 12.6. The van der Waals surface area contributed by atoms with Crippen molar-refractivity contribution in [2.75, 3.05) is 5.32 Å². The fourth-order valence-corrected chi connectivity index (χ4v) is 2.67. The van der Waals surface area contributed by atoms with Gasteiger partial charge in [-0.1, -0.05) is 12.1 Å². The number of aliphatic hydroxyl groups excluding tert-OH is 1. The Morgan fingerprint density at radius 3 is 2.40 bits per heavy atom. The van der Waals surface area contributed by atoms with Crippen molar-refractivity contribution in [3.05, 3.63) is 46.8 Å². The topological polar surface area (TPSA) is 50.1 Å². The van der Waals surface area contributed by atoms with E-state index in [1.807, 2.05) is 28.9 Å². The number of aromatic nitrogens is 2. The molecule has 0 spiro atoms. The molecule has 4 heteroatoms. The standard InChI is InChI=1S/C16H23N3O/c1-5-19-13(4)16(12(3)18-19)11(2)17-15-8-6-14(10-20)7-9-15/h6-9,11,17,20H,5,10H2,1-4H3. The molecule has 1 heterocycles. The van der Waals surface area contributed by atoms with Gasteiger partial charge in [-0.25, -0.2) is 0 Å². The summed E-state index contributed by atoms with van der Waals surface area (Å²) >= 11 is 0. The molecule has 0 aliphatic rings. The highest BCUT2D eigenvalue weighted by Crippen LogP contribution is 2.25. The van der Waals surface area contributed by atoms with Crippen molar-refractivity contribution in [2.45, 2.75) is 46.9 Å². The highest BCUT2D eigenvalue weighted by Gasteiger charge is 2.16. The lowest BCUT2D eigenvalue weighted by molar-refractivity contribution is 0.282. The molecule has 0 aliphatic carbocycles. The van der Waals surface area contributed by atoms with Crippen LogP contribution in [0.15, 0.2) is 24.3 Å². The second kappa shape index (κ2) is 6.09. The first kappa shape index (κ1) is 14.6. The average Bonchev–Trinajstić information content (AvgIpc) is 2.74. The molecule has 20 heavy (non-hydrogen) atoms. The number of nitrogens with one attached hydrogen (secondary N) is 1.